The molecule has 146 valence electrons. The number of hydrogen-bond donors (Lipinski definition) is 0. The van der Waals surface area contributed by atoms with Crippen LogP contribution >= 0.6 is 0 Å². The Labute approximate surface area is 169 Å². The maximum absolute atomic E-state index is 6.04. The molecule has 1 aliphatic carbocycles. The fourth-order valence-corrected chi connectivity index (χ4v) is 4.80. The Kier molecular flexibility index (Phi) is 5.52. The Balaban J connectivity index is 1.66. The molecule has 0 saturated heterocycles. The summed E-state index contributed by atoms with van der Waals surface area (Å²) >= 11 is 0. The number of fused-ring (bicyclic) bond motifs is 2. The number of allylic oxidation sites excluding steroid dienone is 2. The molecule has 1 heterocycles. The van der Waals surface area contributed by atoms with Crippen molar-refractivity contribution in [2.45, 2.75) is 37.5 Å². The lowest BCUT2D eigenvalue weighted by Crippen LogP contribution is -2.35. The van der Waals surface area contributed by atoms with E-state index < -0.39 is 0 Å². The first-order valence-corrected chi connectivity index (χ1v) is 10.5. The van der Waals surface area contributed by atoms with Gasteiger partial charge in [-0.3, -0.25) is 0 Å². The number of rotatable bonds is 5. The monoisotopic (exact) mass is 375 g/mol. The fourth-order valence-electron chi connectivity index (χ4n) is 4.80. The molecule has 2 aliphatic rings. The van der Waals surface area contributed by atoms with Gasteiger partial charge in [0.25, 0.3) is 0 Å². The lowest BCUT2D eigenvalue weighted by atomic mass is 9.68. The summed E-state index contributed by atoms with van der Waals surface area (Å²) in [7, 11) is 4.19. The van der Waals surface area contributed by atoms with Crippen molar-refractivity contribution in [3.63, 3.8) is 0 Å². The second-order valence-electron chi connectivity index (χ2n) is 8.14. The predicted molar refractivity (Wildman–Crippen MR) is 117 cm³/mol. The Morgan fingerprint density at radius 1 is 0.964 bits per heavy atom. The number of para-hydroxylation sites is 2. The van der Waals surface area contributed by atoms with Gasteiger partial charge in [-0.05, 0) is 36.6 Å². The molecule has 0 atom stereocenters. The minimum atomic E-state index is 0.161. The normalized spacial score (nSPS) is 18.9. The third-order valence-corrected chi connectivity index (χ3v) is 6.06. The van der Waals surface area contributed by atoms with Gasteiger partial charge in [-0.1, -0.05) is 55.7 Å². The van der Waals surface area contributed by atoms with E-state index in [1.807, 2.05) is 30.3 Å². The average molecular weight is 376 g/mol. The highest BCUT2D eigenvalue weighted by Crippen LogP contribution is 2.54. The second-order valence-corrected chi connectivity index (χ2v) is 8.14. The van der Waals surface area contributed by atoms with Gasteiger partial charge in [0.05, 0.1) is 6.54 Å². The van der Waals surface area contributed by atoms with Crippen molar-refractivity contribution in [2.24, 2.45) is 0 Å². The van der Waals surface area contributed by atoms with Gasteiger partial charge in [0.2, 0.25) is 0 Å². The van der Waals surface area contributed by atoms with E-state index in [1.165, 1.54) is 49.1 Å². The van der Waals surface area contributed by atoms with Crippen LogP contribution in [-0.2, 0) is 5.41 Å². The highest BCUT2D eigenvalue weighted by molar-refractivity contribution is 5.78. The number of ether oxygens (including phenoxy) is 1. The van der Waals surface area contributed by atoms with Crippen molar-refractivity contribution >= 4 is 11.9 Å². The summed E-state index contributed by atoms with van der Waals surface area (Å²) in [6.07, 6.45) is 11.0. The van der Waals surface area contributed by atoms with E-state index in [0.717, 1.165) is 12.3 Å². The molecule has 3 heteroatoms. The van der Waals surface area contributed by atoms with Gasteiger partial charge in [0.15, 0.2) is 6.21 Å². The number of hydrogen-bond acceptors (Lipinski definition) is 2. The van der Waals surface area contributed by atoms with Gasteiger partial charge in [-0.15, -0.1) is 0 Å². The summed E-state index contributed by atoms with van der Waals surface area (Å²) < 4.78 is 8.17. The molecule has 1 saturated carbocycles. The minimum Gasteiger partial charge on any atom is -0.492 e. The molecule has 1 fully saturated rings. The molecular weight excluding hydrogens is 344 g/mol. The molecule has 2 aromatic carbocycles. The van der Waals surface area contributed by atoms with Crippen LogP contribution in [0.15, 0.2) is 66.4 Å². The molecule has 0 unspecified atom stereocenters. The van der Waals surface area contributed by atoms with Crippen molar-refractivity contribution in [2.75, 3.05) is 32.1 Å². The molecule has 0 bridgehead atoms. The van der Waals surface area contributed by atoms with Crippen LogP contribution in [0.5, 0.6) is 5.75 Å². The van der Waals surface area contributed by atoms with Gasteiger partial charge in [0.1, 0.15) is 26.5 Å². The number of anilines is 1. The van der Waals surface area contributed by atoms with E-state index in [0.29, 0.717) is 6.61 Å². The van der Waals surface area contributed by atoms with E-state index in [1.54, 1.807) is 0 Å². The highest BCUT2D eigenvalue weighted by atomic mass is 16.5. The van der Waals surface area contributed by atoms with Crippen LogP contribution in [0.1, 0.15) is 37.7 Å². The van der Waals surface area contributed by atoms with Crippen LogP contribution in [0.3, 0.4) is 0 Å². The first-order chi connectivity index (χ1) is 13.7. The maximum atomic E-state index is 6.04. The van der Waals surface area contributed by atoms with E-state index in [9.17, 15) is 0 Å². The van der Waals surface area contributed by atoms with Gasteiger partial charge < -0.3 is 9.64 Å². The molecule has 0 N–H and O–H groups in total. The molecule has 28 heavy (non-hydrogen) atoms. The SMILES string of the molecule is C[N+](C)=CC=C1N(CCOc2ccccc2)c2ccccc2C12CCCCC2. The summed E-state index contributed by atoms with van der Waals surface area (Å²) in [5.41, 5.74) is 4.47. The van der Waals surface area contributed by atoms with Crippen LogP contribution in [0, 0.1) is 0 Å². The molecule has 0 radical (unpaired) electrons. The zero-order chi connectivity index (χ0) is 19.4. The number of benzene rings is 2. The van der Waals surface area contributed by atoms with Crippen LogP contribution < -0.4 is 9.64 Å². The van der Waals surface area contributed by atoms with Gasteiger partial charge >= 0.3 is 0 Å². The third-order valence-electron chi connectivity index (χ3n) is 6.06. The quantitative estimate of drug-likeness (QED) is 0.539. The smallest absolute Gasteiger partial charge is 0.164 e. The summed E-state index contributed by atoms with van der Waals surface area (Å²) in [5.74, 6) is 0.938. The van der Waals surface area contributed by atoms with Crippen molar-refractivity contribution in [3.8, 4) is 5.75 Å². The van der Waals surface area contributed by atoms with Crippen molar-refractivity contribution in [1.82, 2.24) is 0 Å². The van der Waals surface area contributed by atoms with Crippen molar-refractivity contribution in [1.29, 1.82) is 0 Å². The van der Waals surface area contributed by atoms with Crippen LogP contribution in [0.25, 0.3) is 0 Å². The van der Waals surface area contributed by atoms with Gasteiger partial charge in [-0.2, -0.15) is 0 Å². The minimum absolute atomic E-state index is 0.161. The predicted octanol–water partition coefficient (Wildman–Crippen LogP) is 5.01. The molecule has 1 aliphatic heterocycles. The molecular formula is C25H31N2O+. The Morgan fingerprint density at radius 3 is 2.43 bits per heavy atom. The maximum Gasteiger partial charge on any atom is 0.164 e. The second kappa shape index (κ2) is 8.22. The molecule has 0 aromatic heterocycles. The number of nitrogens with zero attached hydrogens (tertiary/aromatic N) is 2. The molecule has 4 rings (SSSR count). The summed E-state index contributed by atoms with van der Waals surface area (Å²) in [5, 5.41) is 0. The summed E-state index contributed by atoms with van der Waals surface area (Å²) in [4.78, 5) is 2.50. The zero-order valence-electron chi connectivity index (χ0n) is 17.1. The Morgan fingerprint density at radius 2 is 1.68 bits per heavy atom. The van der Waals surface area contributed by atoms with Crippen molar-refractivity contribution < 1.29 is 9.31 Å². The van der Waals surface area contributed by atoms with Crippen LogP contribution in [-0.4, -0.2) is 38.0 Å². The molecule has 2 aromatic rings. The third kappa shape index (κ3) is 3.58. The lowest BCUT2D eigenvalue weighted by molar-refractivity contribution is -0.458. The van der Waals surface area contributed by atoms with Crippen LogP contribution in [0.4, 0.5) is 5.69 Å². The zero-order valence-corrected chi connectivity index (χ0v) is 17.1. The van der Waals surface area contributed by atoms with Gasteiger partial charge in [-0.25, -0.2) is 4.58 Å². The molecule has 1 spiro atoms. The van der Waals surface area contributed by atoms with E-state index in [2.05, 4.69) is 60.1 Å². The fraction of sp³-hybridized carbons (Fsp3) is 0.400. The molecule has 0 amide bonds. The highest BCUT2D eigenvalue weighted by Gasteiger charge is 2.47. The Hall–Kier alpha value is -2.55. The first kappa shape index (κ1) is 18.8. The lowest BCUT2D eigenvalue weighted by Gasteiger charge is -2.36. The van der Waals surface area contributed by atoms with Crippen LogP contribution in [0.2, 0.25) is 0 Å². The van der Waals surface area contributed by atoms with Crippen molar-refractivity contribution in [3.05, 3.63) is 71.9 Å². The van der Waals surface area contributed by atoms with E-state index in [-0.39, 0.29) is 5.41 Å². The standard InChI is InChI=1S/C25H31N2O/c1-26(2)18-15-24-25(16-9-4-10-17-25)22-13-7-8-14-23(22)27(24)19-20-28-21-11-5-3-6-12-21/h3,5-8,11-15,18H,4,9-10,16-17,19-20H2,1-2H3/q+1. The topological polar surface area (TPSA) is 15.5 Å². The molecule has 3 nitrogen and oxygen atoms in total. The van der Waals surface area contributed by atoms with E-state index >= 15 is 0 Å². The summed E-state index contributed by atoms with van der Waals surface area (Å²) in [6.45, 7) is 1.54. The summed E-state index contributed by atoms with van der Waals surface area (Å²) in [6, 6.07) is 19.1. The Bertz CT molecular complexity index is 859. The van der Waals surface area contributed by atoms with E-state index in [4.69, 9.17) is 4.74 Å². The largest absolute Gasteiger partial charge is 0.492 e. The average Bonchev–Trinajstić information content (AvgIpc) is 2.97. The van der Waals surface area contributed by atoms with Gasteiger partial charge in [0, 0.05) is 22.9 Å². The first-order valence-electron chi connectivity index (χ1n) is 10.5.